The number of ether oxygens (including phenoxy) is 1. The minimum atomic E-state index is -0.745. The van der Waals surface area contributed by atoms with E-state index >= 15 is 0 Å². The van der Waals surface area contributed by atoms with E-state index in [1.165, 1.54) is 6.07 Å². The van der Waals surface area contributed by atoms with Crippen LogP contribution in [0.1, 0.15) is 22.9 Å². The maximum atomic E-state index is 12.7. The smallest absolute Gasteiger partial charge is 0.277 e. The summed E-state index contributed by atoms with van der Waals surface area (Å²) in [5.74, 6) is 0.446. The van der Waals surface area contributed by atoms with Gasteiger partial charge in [-0.25, -0.2) is 0 Å². The Balaban J connectivity index is 1.62. The molecular weight excluding hydrogens is 382 g/mol. The molecule has 3 aromatic rings. The second-order valence-corrected chi connectivity index (χ2v) is 7.21. The van der Waals surface area contributed by atoms with Gasteiger partial charge in [-0.05, 0) is 31.2 Å². The fraction of sp³-hybridized carbons (Fsp3) is 0.174. The largest absolute Gasteiger partial charge is 0.470 e. The normalized spacial score (nSPS) is 15.7. The molecule has 1 aliphatic heterocycles. The number of carbonyl (C=O) groups excluding carboxylic acids is 1. The lowest BCUT2D eigenvalue weighted by Gasteiger charge is -2.36. The summed E-state index contributed by atoms with van der Waals surface area (Å²) in [4.78, 5) is 25.7. The van der Waals surface area contributed by atoms with Gasteiger partial charge < -0.3 is 10.1 Å². The summed E-state index contributed by atoms with van der Waals surface area (Å²) in [5.41, 5.74) is 3.11. The van der Waals surface area contributed by atoms with Crippen molar-refractivity contribution in [3.05, 3.63) is 99.6 Å². The number of fused-ring (bicyclic) bond motifs is 1. The van der Waals surface area contributed by atoms with Gasteiger partial charge in [-0.2, -0.15) is 0 Å². The predicted molar refractivity (Wildman–Crippen MR) is 113 cm³/mol. The van der Waals surface area contributed by atoms with Crippen LogP contribution in [0.4, 0.5) is 11.4 Å². The molecule has 1 N–H and O–H groups in total. The van der Waals surface area contributed by atoms with Crippen molar-refractivity contribution in [3.8, 4) is 5.75 Å². The number of carbonyl (C=O) groups is 1. The van der Waals surface area contributed by atoms with E-state index in [4.69, 9.17) is 4.74 Å². The molecule has 0 saturated heterocycles. The van der Waals surface area contributed by atoms with E-state index in [0.717, 1.165) is 11.1 Å². The number of nitrogens with zero attached hydrogens (tertiary/aromatic N) is 2. The molecule has 1 aliphatic rings. The first-order valence-electron chi connectivity index (χ1n) is 9.60. The molecule has 152 valence electrons. The Morgan fingerprint density at radius 2 is 1.80 bits per heavy atom. The van der Waals surface area contributed by atoms with E-state index in [1.807, 2.05) is 55.5 Å². The third-order valence-electron chi connectivity index (χ3n) is 5.00. The van der Waals surface area contributed by atoms with Crippen LogP contribution in [0.5, 0.6) is 5.75 Å². The van der Waals surface area contributed by atoms with E-state index in [-0.39, 0.29) is 18.1 Å². The minimum absolute atomic E-state index is 0.0267. The number of nitro benzene ring substituents is 1. The number of nitro groups is 1. The van der Waals surface area contributed by atoms with Gasteiger partial charge in [-0.1, -0.05) is 48.0 Å². The minimum Gasteiger partial charge on any atom is -0.470 e. The molecule has 7 heteroatoms. The number of benzene rings is 3. The number of rotatable bonds is 5. The highest BCUT2D eigenvalue weighted by molar-refractivity contribution is 5.92. The van der Waals surface area contributed by atoms with Gasteiger partial charge >= 0.3 is 0 Å². The lowest BCUT2D eigenvalue weighted by Crippen LogP contribution is -2.41. The molecule has 1 amide bonds. The Labute approximate surface area is 174 Å². The van der Waals surface area contributed by atoms with Crippen LogP contribution in [0.2, 0.25) is 0 Å². The SMILES string of the molecule is Cc1ccc(NC(=O)CN2Cc3ccccc3OC2c2ccccc2[N+](=O)[O-])cc1. The summed E-state index contributed by atoms with van der Waals surface area (Å²) in [6, 6.07) is 21.5. The zero-order chi connectivity index (χ0) is 21.1. The van der Waals surface area contributed by atoms with Gasteiger partial charge in [0.15, 0.2) is 6.23 Å². The van der Waals surface area contributed by atoms with Crippen LogP contribution >= 0.6 is 0 Å². The standard InChI is InChI=1S/C23H21N3O4/c1-16-10-12-18(13-11-16)24-22(27)15-25-14-17-6-2-5-9-21(17)30-23(25)19-7-3-4-8-20(19)26(28)29/h2-13,23H,14-15H2,1H3,(H,24,27). The first kappa shape index (κ1) is 19.6. The van der Waals surface area contributed by atoms with Gasteiger partial charge in [0.05, 0.1) is 17.0 Å². The van der Waals surface area contributed by atoms with E-state index in [2.05, 4.69) is 5.32 Å². The molecule has 3 aromatic carbocycles. The number of hydrogen-bond acceptors (Lipinski definition) is 5. The van der Waals surface area contributed by atoms with E-state index in [9.17, 15) is 14.9 Å². The fourth-order valence-electron chi connectivity index (χ4n) is 3.53. The molecule has 1 unspecified atom stereocenters. The van der Waals surface area contributed by atoms with Crippen LogP contribution < -0.4 is 10.1 Å². The highest BCUT2D eigenvalue weighted by Gasteiger charge is 2.34. The quantitative estimate of drug-likeness (QED) is 0.503. The third kappa shape index (κ3) is 4.16. The molecule has 0 radical (unpaired) electrons. The molecule has 0 aliphatic carbocycles. The average molecular weight is 403 g/mol. The van der Waals surface area contributed by atoms with Crippen molar-refractivity contribution < 1.29 is 14.5 Å². The third-order valence-corrected chi connectivity index (χ3v) is 5.00. The highest BCUT2D eigenvalue weighted by atomic mass is 16.6. The van der Waals surface area contributed by atoms with Gasteiger partial charge in [-0.15, -0.1) is 0 Å². The van der Waals surface area contributed by atoms with Gasteiger partial charge in [0.2, 0.25) is 5.91 Å². The molecule has 0 aromatic heterocycles. The molecule has 30 heavy (non-hydrogen) atoms. The van der Waals surface area contributed by atoms with E-state index in [1.54, 1.807) is 23.1 Å². The second kappa shape index (κ2) is 8.34. The molecule has 0 saturated carbocycles. The van der Waals surface area contributed by atoms with Crippen LogP contribution in [-0.2, 0) is 11.3 Å². The van der Waals surface area contributed by atoms with Crippen LogP contribution in [0, 0.1) is 17.0 Å². The zero-order valence-electron chi connectivity index (χ0n) is 16.4. The molecule has 0 fully saturated rings. The van der Waals surface area contributed by atoms with Crippen molar-refractivity contribution in [2.24, 2.45) is 0 Å². The van der Waals surface area contributed by atoms with Crippen molar-refractivity contribution in [2.45, 2.75) is 19.7 Å². The van der Waals surface area contributed by atoms with E-state index in [0.29, 0.717) is 23.5 Å². The summed E-state index contributed by atoms with van der Waals surface area (Å²) in [7, 11) is 0. The summed E-state index contributed by atoms with van der Waals surface area (Å²) in [6.45, 7) is 2.44. The molecule has 0 spiro atoms. The number of nitrogens with one attached hydrogen (secondary N) is 1. The monoisotopic (exact) mass is 403 g/mol. The lowest BCUT2D eigenvalue weighted by molar-refractivity contribution is -0.386. The molecular formula is C23H21N3O4. The molecule has 7 nitrogen and oxygen atoms in total. The van der Waals surface area contributed by atoms with E-state index < -0.39 is 11.2 Å². The van der Waals surface area contributed by atoms with Gasteiger partial charge in [0.1, 0.15) is 5.75 Å². The van der Waals surface area contributed by atoms with Crippen molar-refractivity contribution in [1.29, 1.82) is 0 Å². The lowest BCUT2D eigenvalue weighted by atomic mass is 10.1. The molecule has 0 bridgehead atoms. The van der Waals surface area contributed by atoms with Gasteiger partial charge in [-0.3, -0.25) is 19.8 Å². The Kier molecular flexibility index (Phi) is 5.45. The molecule has 1 heterocycles. The van der Waals surface area contributed by atoms with Crippen LogP contribution in [0.3, 0.4) is 0 Å². The topological polar surface area (TPSA) is 84.7 Å². The fourth-order valence-corrected chi connectivity index (χ4v) is 3.53. The van der Waals surface area contributed by atoms with Gasteiger partial charge in [0.25, 0.3) is 5.69 Å². The Morgan fingerprint density at radius 3 is 2.57 bits per heavy atom. The Bertz CT molecular complexity index is 1080. The summed E-state index contributed by atoms with van der Waals surface area (Å²) in [6.07, 6.45) is -0.745. The van der Waals surface area contributed by atoms with Gasteiger partial charge in [0, 0.05) is 23.9 Å². The first-order chi connectivity index (χ1) is 14.5. The molecule has 4 rings (SSSR count). The second-order valence-electron chi connectivity index (χ2n) is 7.21. The molecule has 1 atom stereocenters. The number of amides is 1. The summed E-state index contributed by atoms with van der Waals surface area (Å²) in [5, 5.41) is 14.4. The van der Waals surface area contributed by atoms with Crippen LogP contribution in [0.25, 0.3) is 0 Å². The van der Waals surface area contributed by atoms with Crippen molar-refractivity contribution in [3.63, 3.8) is 0 Å². The average Bonchev–Trinajstić information content (AvgIpc) is 2.75. The van der Waals surface area contributed by atoms with Crippen LogP contribution in [-0.4, -0.2) is 22.3 Å². The summed E-state index contributed by atoms with van der Waals surface area (Å²) >= 11 is 0. The summed E-state index contributed by atoms with van der Waals surface area (Å²) < 4.78 is 6.13. The predicted octanol–water partition coefficient (Wildman–Crippen LogP) is 4.44. The number of hydrogen-bond donors (Lipinski definition) is 1. The number of para-hydroxylation sites is 2. The van der Waals surface area contributed by atoms with Crippen LogP contribution in [0.15, 0.2) is 72.8 Å². The maximum absolute atomic E-state index is 12.7. The van der Waals surface area contributed by atoms with Crippen molar-refractivity contribution in [1.82, 2.24) is 4.90 Å². The first-order valence-corrected chi connectivity index (χ1v) is 9.60. The Hall–Kier alpha value is -3.71. The van der Waals surface area contributed by atoms with Crippen molar-refractivity contribution in [2.75, 3.05) is 11.9 Å². The maximum Gasteiger partial charge on any atom is 0.277 e. The Morgan fingerprint density at radius 1 is 1.10 bits per heavy atom. The van der Waals surface area contributed by atoms with Crippen molar-refractivity contribution >= 4 is 17.3 Å². The number of anilines is 1. The number of aryl methyl sites for hydroxylation is 1. The highest BCUT2D eigenvalue weighted by Crippen LogP contribution is 2.38. The zero-order valence-corrected chi connectivity index (χ0v) is 16.4.